The maximum atomic E-state index is 13.6. The number of likely N-dealkylation sites (N-methyl/N-ethyl adjacent to an activating group) is 1. The highest BCUT2D eigenvalue weighted by Gasteiger charge is 2.47. The molecule has 56 heavy (non-hydrogen) atoms. The topological polar surface area (TPSA) is 205 Å². The second kappa shape index (κ2) is 21.3. The molecule has 1 saturated heterocycles. The smallest absolute Gasteiger partial charge is 0.314 e. The average Bonchev–Trinajstić information content (AvgIpc) is 3.77. The summed E-state index contributed by atoms with van der Waals surface area (Å²) < 4.78 is 7.26. The Balaban J connectivity index is 1.31. The number of imidazole rings is 1. The quantitative estimate of drug-likeness (QED) is 0.0601. The van der Waals surface area contributed by atoms with Crippen molar-refractivity contribution >= 4 is 34.8 Å². The van der Waals surface area contributed by atoms with Crippen LogP contribution in [0.15, 0.2) is 67.0 Å². The normalized spacial score (nSPS) is 18.0. The zero-order valence-electron chi connectivity index (χ0n) is 32.6. The standard InChI is InChI=1S/C41H57N9O6/c1-4-7-15-27(16-8-5-2)21-22-44-41(55)45-24-23-43-39(54)36-48-35(46-25-30(28-17-11-9-12-18-28)29-19-13-10-14-20-29)31-37(49-36)50(26-47-31)40-33(52)32(51)34(56-40)38(53)42-6-3/h9-14,17-20,26-27,30,32-34,40,51-52H,4-8,15-16,21-25H2,1-3H3,(H,42,53)(H,43,54)(H2,44,45,55)(H,46,48,49)/t32-,33+,34-,40+/m0/s1. The molecule has 4 amide bonds. The number of amides is 4. The second-order valence-electron chi connectivity index (χ2n) is 14.2. The number of aromatic nitrogens is 4. The lowest BCUT2D eigenvalue weighted by Crippen LogP contribution is -2.42. The van der Waals surface area contributed by atoms with Crippen LogP contribution in [0, 0.1) is 5.92 Å². The van der Waals surface area contributed by atoms with Crippen molar-refractivity contribution in [2.24, 2.45) is 5.92 Å². The molecular formula is C41H57N9O6. The predicted molar refractivity (Wildman–Crippen MR) is 214 cm³/mol. The fourth-order valence-corrected chi connectivity index (χ4v) is 7.01. The molecule has 0 saturated carbocycles. The second-order valence-corrected chi connectivity index (χ2v) is 14.2. The van der Waals surface area contributed by atoms with Crippen LogP contribution in [-0.4, -0.2) is 98.6 Å². The third kappa shape index (κ3) is 11.0. The summed E-state index contributed by atoms with van der Waals surface area (Å²) in [6, 6.07) is 19.7. The number of nitrogens with one attached hydrogen (secondary N) is 5. The van der Waals surface area contributed by atoms with Crippen molar-refractivity contribution in [2.75, 3.05) is 38.0 Å². The van der Waals surface area contributed by atoms with Gasteiger partial charge in [0.05, 0.1) is 6.33 Å². The van der Waals surface area contributed by atoms with Gasteiger partial charge in [0.15, 0.2) is 29.3 Å². The van der Waals surface area contributed by atoms with Crippen LogP contribution < -0.4 is 26.6 Å². The zero-order valence-corrected chi connectivity index (χ0v) is 32.6. The van der Waals surface area contributed by atoms with Gasteiger partial charge in [0.25, 0.3) is 11.8 Å². The Kier molecular flexibility index (Phi) is 16.0. The fourth-order valence-electron chi connectivity index (χ4n) is 7.01. The third-order valence-corrected chi connectivity index (χ3v) is 10.1. The van der Waals surface area contributed by atoms with E-state index in [1.54, 1.807) is 6.92 Å². The van der Waals surface area contributed by atoms with Gasteiger partial charge in [0, 0.05) is 38.6 Å². The monoisotopic (exact) mass is 771 g/mol. The summed E-state index contributed by atoms with van der Waals surface area (Å²) in [5.41, 5.74) is 2.57. The molecule has 1 fully saturated rings. The number of hydrogen-bond acceptors (Lipinski definition) is 10. The van der Waals surface area contributed by atoms with Crippen LogP contribution in [0.4, 0.5) is 10.6 Å². The fraction of sp³-hybridized carbons (Fsp3) is 0.512. The molecule has 2 aromatic carbocycles. The molecule has 0 unspecified atom stereocenters. The van der Waals surface area contributed by atoms with E-state index in [4.69, 9.17) is 4.74 Å². The lowest BCUT2D eigenvalue weighted by molar-refractivity contribution is -0.137. The van der Waals surface area contributed by atoms with Gasteiger partial charge in [-0.2, -0.15) is 0 Å². The van der Waals surface area contributed by atoms with Crippen molar-refractivity contribution in [3.05, 3.63) is 83.9 Å². The van der Waals surface area contributed by atoms with Gasteiger partial charge >= 0.3 is 6.03 Å². The number of carbonyl (C=O) groups excluding carboxylic acids is 3. The predicted octanol–water partition coefficient (Wildman–Crippen LogP) is 4.24. The molecule has 0 spiro atoms. The number of ether oxygens (including phenoxy) is 1. The van der Waals surface area contributed by atoms with E-state index in [1.807, 2.05) is 60.7 Å². The molecule has 3 heterocycles. The molecule has 5 rings (SSSR count). The Morgan fingerprint density at radius 1 is 0.786 bits per heavy atom. The number of unbranched alkanes of at least 4 members (excludes halogenated alkanes) is 2. The molecule has 7 N–H and O–H groups in total. The lowest BCUT2D eigenvalue weighted by atomic mass is 9.91. The number of rotatable bonds is 21. The maximum Gasteiger partial charge on any atom is 0.314 e. The number of urea groups is 1. The van der Waals surface area contributed by atoms with Gasteiger partial charge in [0.2, 0.25) is 5.82 Å². The average molecular weight is 772 g/mol. The maximum absolute atomic E-state index is 13.6. The number of aliphatic hydroxyl groups is 2. The van der Waals surface area contributed by atoms with Crippen molar-refractivity contribution in [2.45, 2.75) is 96.2 Å². The van der Waals surface area contributed by atoms with Crippen LogP contribution in [-0.2, 0) is 9.53 Å². The molecule has 302 valence electrons. The molecule has 0 radical (unpaired) electrons. The Labute approximate surface area is 328 Å². The van der Waals surface area contributed by atoms with Gasteiger partial charge in [-0.25, -0.2) is 19.7 Å². The number of benzene rings is 2. The van der Waals surface area contributed by atoms with E-state index >= 15 is 0 Å². The highest BCUT2D eigenvalue weighted by atomic mass is 16.6. The van der Waals surface area contributed by atoms with Crippen molar-refractivity contribution in [1.82, 2.24) is 40.8 Å². The molecule has 0 aliphatic carbocycles. The van der Waals surface area contributed by atoms with Crippen LogP contribution in [0.1, 0.15) is 99.6 Å². The first kappa shape index (κ1) is 42.0. The minimum absolute atomic E-state index is 0.0921. The summed E-state index contributed by atoms with van der Waals surface area (Å²) in [6.45, 7) is 7.69. The highest BCUT2D eigenvalue weighted by molar-refractivity contribution is 5.94. The Morgan fingerprint density at radius 2 is 1.41 bits per heavy atom. The van der Waals surface area contributed by atoms with Crippen molar-refractivity contribution in [3.8, 4) is 0 Å². The van der Waals surface area contributed by atoms with Crippen LogP contribution in [0.5, 0.6) is 0 Å². The van der Waals surface area contributed by atoms with Crippen LogP contribution >= 0.6 is 0 Å². The lowest BCUT2D eigenvalue weighted by Gasteiger charge is -2.20. The van der Waals surface area contributed by atoms with Crippen LogP contribution in [0.3, 0.4) is 0 Å². The van der Waals surface area contributed by atoms with E-state index < -0.39 is 36.4 Å². The number of hydrogen-bond donors (Lipinski definition) is 7. The molecule has 4 atom stereocenters. The van der Waals surface area contributed by atoms with E-state index in [9.17, 15) is 24.6 Å². The van der Waals surface area contributed by atoms with Gasteiger partial charge in [-0.15, -0.1) is 0 Å². The summed E-state index contributed by atoms with van der Waals surface area (Å²) in [4.78, 5) is 52.4. The van der Waals surface area contributed by atoms with Gasteiger partial charge in [-0.3, -0.25) is 14.2 Å². The van der Waals surface area contributed by atoms with E-state index in [0.29, 0.717) is 25.6 Å². The number of aliphatic hydroxyl groups excluding tert-OH is 2. The third-order valence-electron chi connectivity index (χ3n) is 10.1. The summed E-state index contributed by atoms with van der Waals surface area (Å²) in [7, 11) is 0. The van der Waals surface area contributed by atoms with Gasteiger partial charge in [-0.05, 0) is 30.4 Å². The van der Waals surface area contributed by atoms with E-state index in [-0.39, 0.29) is 47.8 Å². The number of carbonyl (C=O) groups is 3. The molecule has 0 bridgehead atoms. The minimum Gasteiger partial charge on any atom is -0.387 e. The number of fused-ring (bicyclic) bond motifs is 1. The molecule has 2 aromatic heterocycles. The molecule has 15 heteroatoms. The summed E-state index contributed by atoms with van der Waals surface area (Å²) in [6.07, 6.45) is 3.76. The largest absolute Gasteiger partial charge is 0.387 e. The zero-order chi connectivity index (χ0) is 39.9. The van der Waals surface area contributed by atoms with Gasteiger partial charge in [-0.1, -0.05) is 113 Å². The van der Waals surface area contributed by atoms with E-state index in [1.165, 1.54) is 36.6 Å². The van der Waals surface area contributed by atoms with Crippen molar-refractivity contribution < 1.29 is 29.3 Å². The first-order valence-electron chi connectivity index (χ1n) is 19.9. The minimum atomic E-state index is -1.52. The first-order chi connectivity index (χ1) is 27.2. The first-order valence-corrected chi connectivity index (χ1v) is 19.9. The molecule has 15 nitrogen and oxygen atoms in total. The van der Waals surface area contributed by atoms with Crippen molar-refractivity contribution in [1.29, 1.82) is 0 Å². The molecule has 1 aliphatic rings. The van der Waals surface area contributed by atoms with Crippen LogP contribution in [0.2, 0.25) is 0 Å². The highest BCUT2D eigenvalue weighted by Crippen LogP contribution is 2.33. The SMILES string of the molecule is CCCCC(CCCC)CCNC(=O)NCCNC(=O)c1nc(NCC(c2ccccc2)c2ccccc2)c2ncn([C@@H]3O[C@H](C(=O)NCC)[C@@H](O)[C@H]3O)c2n1. The summed E-state index contributed by atoms with van der Waals surface area (Å²) >= 11 is 0. The van der Waals surface area contributed by atoms with Gasteiger partial charge < -0.3 is 41.5 Å². The Morgan fingerprint density at radius 3 is 2.04 bits per heavy atom. The summed E-state index contributed by atoms with van der Waals surface area (Å²) in [5.74, 6) is -0.596. The number of anilines is 1. The van der Waals surface area contributed by atoms with E-state index in [2.05, 4.69) is 55.4 Å². The molecular weight excluding hydrogens is 715 g/mol. The number of nitrogens with zero attached hydrogens (tertiary/aromatic N) is 4. The molecule has 1 aliphatic heterocycles. The Bertz CT molecular complexity index is 1800. The summed E-state index contributed by atoms with van der Waals surface area (Å²) in [5, 5.41) is 36.3. The van der Waals surface area contributed by atoms with Gasteiger partial charge in [0.1, 0.15) is 12.2 Å². The van der Waals surface area contributed by atoms with Crippen molar-refractivity contribution in [3.63, 3.8) is 0 Å². The Hall–Kier alpha value is -5.12. The molecule has 4 aromatic rings. The van der Waals surface area contributed by atoms with E-state index in [0.717, 1.165) is 30.4 Å². The van der Waals surface area contributed by atoms with Crippen LogP contribution in [0.25, 0.3) is 11.2 Å².